The predicted octanol–water partition coefficient (Wildman–Crippen LogP) is 2.19. The highest BCUT2D eigenvalue weighted by atomic mass is 35.5. The minimum atomic E-state index is 0. The number of halogens is 1. The lowest BCUT2D eigenvalue weighted by Gasteiger charge is -2.25. The smallest absolute Gasteiger partial charge is 0.0558 e. The van der Waals surface area contributed by atoms with E-state index in [1.54, 1.807) is 0 Å². The van der Waals surface area contributed by atoms with Crippen molar-refractivity contribution in [2.75, 3.05) is 26.2 Å². The Kier molecular flexibility index (Phi) is 5.53. The molecule has 2 nitrogen and oxygen atoms in total. The number of benzene rings is 1. The zero-order valence-electron chi connectivity index (χ0n) is 9.30. The van der Waals surface area contributed by atoms with Crippen LogP contribution in [0.25, 0.3) is 5.57 Å². The third kappa shape index (κ3) is 3.34. The Morgan fingerprint density at radius 3 is 2.50 bits per heavy atom. The number of aliphatic hydroxyl groups excluding tert-OH is 1. The SMILES string of the molecule is Cl.OCCN1CC=C(c2ccccc2)CC1. The first-order valence-electron chi connectivity index (χ1n) is 5.48. The second kappa shape index (κ2) is 6.69. The molecule has 0 spiro atoms. The van der Waals surface area contributed by atoms with Gasteiger partial charge in [0.1, 0.15) is 0 Å². The number of aliphatic hydroxyl groups is 1. The Labute approximate surface area is 103 Å². The van der Waals surface area contributed by atoms with Crippen LogP contribution in [0.4, 0.5) is 0 Å². The summed E-state index contributed by atoms with van der Waals surface area (Å²) in [5.41, 5.74) is 2.77. The number of hydrogen-bond donors (Lipinski definition) is 1. The maximum atomic E-state index is 8.84. The molecule has 0 aromatic heterocycles. The van der Waals surface area contributed by atoms with Crippen LogP contribution in [0.2, 0.25) is 0 Å². The van der Waals surface area contributed by atoms with E-state index in [1.165, 1.54) is 11.1 Å². The predicted molar refractivity (Wildman–Crippen MR) is 69.8 cm³/mol. The number of hydrogen-bond acceptors (Lipinski definition) is 2. The van der Waals surface area contributed by atoms with Gasteiger partial charge >= 0.3 is 0 Å². The molecule has 1 aromatic rings. The van der Waals surface area contributed by atoms with Crippen LogP contribution in [-0.2, 0) is 0 Å². The molecule has 0 bridgehead atoms. The van der Waals surface area contributed by atoms with Crippen molar-refractivity contribution >= 4 is 18.0 Å². The molecule has 1 aliphatic heterocycles. The van der Waals surface area contributed by atoms with E-state index in [2.05, 4.69) is 35.2 Å². The summed E-state index contributed by atoms with van der Waals surface area (Å²) in [6.07, 6.45) is 3.36. The zero-order chi connectivity index (χ0) is 10.5. The molecular formula is C13H18ClNO. The number of rotatable bonds is 3. The lowest BCUT2D eigenvalue weighted by molar-refractivity contribution is 0.208. The summed E-state index contributed by atoms with van der Waals surface area (Å²) in [7, 11) is 0. The number of nitrogens with zero attached hydrogens (tertiary/aromatic N) is 1. The van der Waals surface area contributed by atoms with Gasteiger partial charge in [0.15, 0.2) is 0 Å². The first kappa shape index (κ1) is 13.2. The molecule has 0 saturated carbocycles. The maximum Gasteiger partial charge on any atom is 0.0558 e. The molecule has 0 unspecified atom stereocenters. The van der Waals surface area contributed by atoms with Gasteiger partial charge in [0, 0.05) is 19.6 Å². The molecule has 0 aliphatic carbocycles. The van der Waals surface area contributed by atoms with Crippen molar-refractivity contribution in [1.82, 2.24) is 4.90 Å². The molecule has 0 fully saturated rings. The Balaban J connectivity index is 0.00000128. The normalized spacial score (nSPS) is 16.4. The third-order valence-electron chi connectivity index (χ3n) is 2.85. The average molecular weight is 240 g/mol. The molecule has 16 heavy (non-hydrogen) atoms. The fourth-order valence-corrected chi connectivity index (χ4v) is 1.97. The molecule has 0 atom stereocenters. The molecule has 1 aromatic carbocycles. The highest BCUT2D eigenvalue weighted by molar-refractivity contribution is 5.85. The van der Waals surface area contributed by atoms with Gasteiger partial charge < -0.3 is 5.11 Å². The molecule has 88 valence electrons. The molecule has 1 N–H and O–H groups in total. The van der Waals surface area contributed by atoms with E-state index in [0.717, 1.165) is 26.1 Å². The number of β-amino-alcohol motifs (C(OH)–C–C–N with tert-alkyl or cyclic N) is 1. The fourth-order valence-electron chi connectivity index (χ4n) is 1.97. The summed E-state index contributed by atoms with van der Waals surface area (Å²) in [5.74, 6) is 0. The van der Waals surface area contributed by atoms with E-state index in [1.807, 2.05) is 6.07 Å². The van der Waals surface area contributed by atoms with Gasteiger partial charge in [-0.05, 0) is 17.6 Å². The largest absolute Gasteiger partial charge is 0.395 e. The van der Waals surface area contributed by atoms with Crippen molar-refractivity contribution in [2.24, 2.45) is 0 Å². The molecule has 0 saturated heterocycles. The minimum absolute atomic E-state index is 0. The molecule has 0 amide bonds. The van der Waals surface area contributed by atoms with Gasteiger partial charge in [-0.1, -0.05) is 36.4 Å². The van der Waals surface area contributed by atoms with Crippen LogP contribution in [0, 0.1) is 0 Å². The first-order valence-corrected chi connectivity index (χ1v) is 5.48. The summed E-state index contributed by atoms with van der Waals surface area (Å²) >= 11 is 0. The van der Waals surface area contributed by atoms with Gasteiger partial charge in [-0.3, -0.25) is 4.90 Å². The highest BCUT2D eigenvalue weighted by Gasteiger charge is 2.11. The van der Waals surface area contributed by atoms with Crippen LogP contribution >= 0.6 is 12.4 Å². The van der Waals surface area contributed by atoms with Crippen LogP contribution in [0.1, 0.15) is 12.0 Å². The second-order valence-electron chi connectivity index (χ2n) is 3.87. The van der Waals surface area contributed by atoms with Gasteiger partial charge in [-0.25, -0.2) is 0 Å². The molecule has 1 heterocycles. The Bertz CT molecular complexity index is 337. The van der Waals surface area contributed by atoms with Crippen molar-refractivity contribution in [3.8, 4) is 0 Å². The van der Waals surface area contributed by atoms with Gasteiger partial charge in [0.05, 0.1) is 6.61 Å². The lowest BCUT2D eigenvalue weighted by Crippen LogP contribution is -2.31. The van der Waals surface area contributed by atoms with Crippen LogP contribution in [-0.4, -0.2) is 36.2 Å². The minimum Gasteiger partial charge on any atom is -0.395 e. The van der Waals surface area contributed by atoms with Gasteiger partial charge in [0.25, 0.3) is 0 Å². The Morgan fingerprint density at radius 1 is 1.19 bits per heavy atom. The van der Waals surface area contributed by atoms with Crippen molar-refractivity contribution in [3.05, 3.63) is 42.0 Å². The van der Waals surface area contributed by atoms with Crippen molar-refractivity contribution in [2.45, 2.75) is 6.42 Å². The molecular weight excluding hydrogens is 222 g/mol. The molecule has 2 rings (SSSR count). The van der Waals surface area contributed by atoms with Gasteiger partial charge in [-0.15, -0.1) is 12.4 Å². The van der Waals surface area contributed by atoms with Gasteiger partial charge in [-0.2, -0.15) is 0 Å². The maximum absolute atomic E-state index is 8.84. The van der Waals surface area contributed by atoms with E-state index in [4.69, 9.17) is 5.11 Å². The van der Waals surface area contributed by atoms with E-state index in [-0.39, 0.29) is 19.0 Å². The summed E-state index contributed by atoms with van der Waals surface area (Å²) in [5, 5.41) is 8.84. The van der Waals surface area contributed by atoms with E-state index in [0.29, 0.717) is 0 Å². The molecule has 3 heteroatoms. The van der Waals surface area contributed by atoms with Crippen LogP contribution < -0.4 is 0 Å². The Morgan fingerprint density at radius 2 is 1.94 bits per heavy atom. The third-order valence-corrected chi connectivity index (χ3v) is 2.85. The highest BCUT2D eigenvalue weighted by Crippen LogP contribution is 2.21. The standard InChI is InChI=1S/C13H17NO.ClH/c15-11-10-14-8-6-13(7-9-14)12-4-2-1-3-5-12;/h1-6,15H,7-11H2;1H. The van der Waals surface area contributed by atoms with E-state index in [9.17, 15) is 0 Å². The summed E-state index contributed by atoms with van der Waals surface area (Å²) in [4.78, 5) is 2.27. The average Bonchev–Trinajstić information content (AvgIpc) is 2.32. The first-order chi connectivity index (χ1) is 7.40. The van der Waals surface area contributed by atoms with E-state index >= 15 is 0 Å². The molecule has 0 radical (unpaired) electrons. The van der Waals surface area contributed by atoms with Crippen molar-refractivity contribution < 1.29 is 5.11 Å². The van der Waals surface area contributed by atoms with Crippen LogP contribution in [0.3, 0.4) is 0 Å². The summed E-state index contributed by atoms with van der Waals surface area (Å²) < 4.78 is 0. The van der Waals surface area contributed by atoms with Crippen LogP contribution in [0.5, 0.6) is 0 Å². The zero-order valence-corrected chi connectivity index (χ0v) is 10.1. The van der Waals surface area contributed by atoms with Gasteiger partial charge in [0.2, 0.25) is 0 Å². The van der Waals surface area contributed by atoms with Crippen molar-refractivity contribution in [3.63, 3.8) is 0 Å². The Hall–Kier alpha value is -0.830. The topological polar surface area (TPSA) is 23.5 Å². The fraction of sp³-hybridized carbons (Fsp3) is 0.385. The lowest BCUT2D eigenvalue weighted by atomic mass is 10.00. The second-order valence-corrected chi connectivity index (χ2v) is 3.87. The summed E-state index contributed by atoms with van der Waals surface area (Å²) in [6, 6.07) is 10.5. The van der Waals surface area contributed by atoms with Crippen LogP contribution in [0.15, 0.2) is 36.4 Å². The monoisotopic (exact) mass is 239 g/mol. The molecule has 1 aliphatic rings. The quantitative estimate of drug-likeness (QED) is 0.874. The van der Waals surface area contributed by atoms with E-state index < -0.39 is 0 Å². The summed E-state index contributed by atoms with van der Waals surface area (Å²) in [6.45, 7) is 3.07. The van der Waals surface area contributed by atoms with Crippen molar-refractivity contribution in [1.29, 1.82) is 0 Å².